The Morgan fingerprint density at radius 3 is 2.26 bits per heavy atom. The second-order valence-corrected chi connectivity index (χ2v) is 25.0. The maximum atomic E-state index is 14.4. The van der Waals surface area contributed by atoms with Crippen LogP contribution < -0.4 is 15.5 Å². The molecule has 4 bridgehead atoms. The van der Waals surface area contributed by atoms with Gasteiger partial charge in [0.1, 0.15) is 42.3 Å². The molecule has 5 aromatic rings. The summed E-state index contributed by atoms with van der Waals surface area (Å²) in [5, 5.41) is 21.5. The van der Waals surface area contributed by atoms with Gasteiger partial charge in [-0.25, -0.2) is 24.4 Å². The Morgan fingerprint density at radius 2 is 1.56 bits per heavy atom. The minimum absolute atomic E-state index is 0.0716. The molecule has 21 nitrogen and oxygen atoms in total. The molecule has 3 aliphatic heterocycles. The van der Waals surface area contributed by atoms with Crippen molar-refractivity contribution in [3.63, 3.8) is 0 Å². The van der Waals surface area contributed by atoms with E-state index in [0.29, 0.717) is 30.2 Å². The van der Waals surface area contributed by atoms with Crippen LogP contribution in [0.5, 0.6) is 0 Å². The number of Topliss-reactive ketones (excluding diaryl/α,β-unsaturated/α-hetero) is 2. The summed E-state index contributed by atoms with van der Waals surface area (Å²) in [7, 11) is 7.82. The molecular formula is C69H82ClN7O14. The summed E-state index contributed by atoms with van der Waals surface area (Å²) >= 11 is 6.85. The van der Waals surface area contributed by atoms with Gasteiger partial charge in [0, 0.05) is 103 Å². The average molecular weight is 1270 g/mol. The number of esters is 1. The molecule has 1 unspecified atom stereocenters. The number of carbonyl (C=O) groups is 8. The minimum atomic E-state index is -1.89. The van der Waals surface area contributed by atoms with E-state index >= 15 is 0 Å². The zero-order valence-corrected chi connectivity index (χ0v) is 54.0. The summed E-state index contributed by atoms with van der Waals surface area (Å²) in [5.74, 6) is -3.74. The van der Waals surface area contributed by atoms with Crippen LogP contribution >= 0.6 is 11.6 Å². The fraction of sp³-hybridized carbons (Fsp3) is 0.449. The first-order chi connectivity index (χ1) is 43.3. The van der Waals surface area contributed by atoms with Crippen LogP contribution in [-0.2, 0) is 72.0 Å². The predicted octanol–water partition coefficient (Wildman–Crippen LogP) is 8.90. The van der Waals surface area contributed by atoms with Gasteiger partial charge >= 0.3 is 18.2 Å². The number of nitrogens with one attached hydrogen (secondary N) is 2. The molecule has 0 radical (unpaired) electrons. The lowest BCUT2D eigenvalue weighted by atomic mass is 9.83. The number of aryl methyl sites for hydroxylation is 2. The van der Waals surface area contributed by atoms with Crippen molar-refractivity contribution in [2.45, 2.75) is 147 Å². The van der Waals surface area contributed by atoms with Gasteiger partial charge in [0.25, 0.3) is 0 Å². The Labute approximate surface area is 535 Å². The topological polar surface area (TPSA) is 248 Å². The number of nitrogens with zero attached hydrogens (tertiary/aromatic N) is 5. The van der Waals surface area contributed by atoms with Crippen molar-refractivity contribution >= 4 is 75.6 Å². The number of aliphatic hydroxyl groups is 1. The van der Waals surface area contributed by atoms with Crippen LogP contribution in [0.4, 0.5) is 15.3 Å². The number of ketones is 2. The van der Waals surface area contributed by atoms with Crippen LogP contribution in [0, 0.1) is 12.8 Å². The van der Waals surface area contributed by atoms with Gasteiger partial charge in [-0.1, -0.05) is 115 Å². The van der Waals surface area contributed by atoms with Gasteiger partial charge in [0.05, 0.1) is 36.3 Å². The average Bonchev–Trinajstić information content (AvgIpc) is 1.59. The van der Waals surface area contributed by atoms with Gasteiger partial charge < -0.3 is 48.5 Å². The molecule has 3 N–H and O–H groups in total. The second kappa shape index (κ2) is 28.5. The maximum Gasteiger partial charge on any atom is 0.424 e. The van der Waals surface area contributed by atoms with Gasteiger partial charge in [0.15, 0.2) is 11.5 Å². The second-order valence-electron chi connectivity index (χ2n) is 24.6. The quantitative estimate of drug-likeness (QED) is 0.0285. The van der Waals surface area contributed by atoms with Crippen LogP contribution in [0.3, 0.4) is 0 Å². The number of fused-ring (bicyclic) bond motifs is 9. The molecule has 22 heteroatoms. The molecule has 2 saturated heterocycles. The van der Waals surface area contributed by atoms with E-state index in [2.05, 4.69) is 34.9 Å². The molecule has 4 aromatic carbocycles. The van der Waals surface area contributed by atoms with Crippen molar-refractivity contribution in [1.82, 2.24) is 30.1 Å². The summed E-state index contributed by atoms with van der Waals surface area (Å²) < 4.78 is 31.8. The fourth-order valence-electron chi connectivity index (χ4n) is 12.5. The summed E-state index contributed by atoms with van der Waals surface area (Å²) in [6, 6.07) is 28.6. The number of rotatable bonds is 20. The molecule has 484 valence electrons. The highest BCUT2D eigenvalue weighted by Gasteiger charge is 2.64. The molecule has 1 aromatic heterocycles. The smallest absolute Gasteiger partial charge is 0.424 e. The number of epoxide rings is 1. The number of anilines is 1. The monoisotopic (exact) mass is 1270 g/mol. The van der Waals surface area contributed by atoms with Crippen LogP contribution in [0.2, 0.25) is 5.02 Å². The number of amides is 5. The molecule has 0 spiro atoms. The van der Waals surface area contributed by atoms with Crippen molar-refractivity contribution < 1.29 is 67.1 Å². The third-order valence-corrected chi connectivity index (χ3v) is 18.8. The number of allylic oxidation sites excluding steroid dienone is 3. The number of carbonyl (C=O) groups excluding carboxylic acids is 8. The minimum Gasteiger partial charge on any atom is -0.457 e. The molecular weight excluding hydrogens is 1190 g/mol. The number of hydrogen-bond donors (Lipinski definition) is 3. The number of aromatic nitrogens is 1. The van der Waals surface area contributed by atoms with Crippen LogP contribution in [0.25, 0.3) is 22.0 Å². The third kappa shape index (κ3) is 15.2. The lowest BCUT2D eigenvalue weighted by Gasteiger charge is -2.42. The SMILES string of the molecule is CO[C@@H]1/C=C/C=C(\C)Cc2cc(C)c(Cl)c(c2)N(C)C(=O)C[C@H](OC(=O)[C@H](C)N(C)C(=O)CCC(=O)CNC(=O)CCC(=O)CCn2c(CN(C)N(C)C(=O)OCC3c4ccccc4-c4ccccc43)cc3ccccc32)[C@]2(C)OC2[C@H](C)[C@@H]2C[C@]1(O)NC(=O)O2. The molecule has 4 heterocycles. The number of methoxy groups -OCH3 is 1. The van der Waals surface area contributed by atoms with Crippen LogP contribution in [-0.4, -0.2) is 162 Å². The molecule has 91 heavy (non-hydrogen) atoms. The van der Waals surface area contributed by atoms with E-state index in [1.165, 1.54) is 31.0 Å². The lowest BCUT2D eigenvalue weighted by molar-refractivity contribution is -0.162. The van der Waals surface area contributed by atoms with E-state index in [1.54, 1.807) is 52.2 Å². The summed E-state index contributed by atoms with van der Waals surface area (Å²) in [5.41, 5.74) is 6.02. The standard InChI is InChI=1S/C69H82ClN7O14/c1-41-18-17-25-58(87-10)69(86)37-57(89-66(84)72-69)43(3)64-68(5,91-64)59(36-62(82)75(8)56-34-45(32-41)33-42(2)63(56)70)90-65(83)44(4)74(7)61(81)29-27-49(79)38-71-60(80)28-26-48(78)30-31-77-47(35-46-19-11-16-24-55(46)77)39-73(6)76(9)67(85)88-40-54-52-22-14-12-20-50(52)51-21-13-15-23-53(51)54/h11-25,33-35,43-44,54,57-59,64,86H,26-32,36-40H2,1-10H3,(H,71,80)(H,72,84)/b25-17+,41-18+/t43-,44+,57+,58-,59+,64?,68+,69-/m1/s1. The number of alkyl carbamates (subject to hydrolysis) is 1. The maximum absolute atomic E-state index is 14.4. The number of likely N-dealkylation sites (N-methyl/N-ethyl adjacent to an activating group) is 1. The molecule has 1 aliphatic carbocycles. The number of para-hydroxylation sites is 1. The lowest BCUT2D eigenvalue weighted by Crippen LogP contribution is -2.63. The van der Waals surface area contributed by atoms with Gasteiger partial charge in [-0.15, -0.1) is 0 Å². The Hall–Kier alpha value is -8.21. The van der Waals surface area contributed by atoms with E-state index in [4.69, 9.17) is 35.3 Å². The number of hydrazine groups is 1. The van der Waals surface area contributed by atoms with Crippen molar-refractivity contribution in [2.24, 2.45) is 5.92 Å². The number of hydrogen-bond acceptors (Lipinski definition) is 15. The van der Waals surface area contributed by atoms with Crippen LogP contribution in [0.1, 0.15) is 107 Å². The van der Waals surface area contributed by atoms with Crippen molar-refractivity contribution in [3.05, 3.63) is 148 Å². The number of benzene rings is 4. The first-order valence-electron chi connectivity index (χ1n) is 30.7. The van der Waals surface area contributed by atoms with Crippen molar-refractivity contribution in [2.75, 3.05) is 53.4 Å². The van der Waals surface area contributed by atoms with Gasteiger partial charge in [-0.3, -0.25) is 29.3 Å². The molecule has 9 rings (SSSR count). The molecule has 5 amide bonds. The van der Waals surface area contributed by atoms with Gasteiger partial charge in [-0.05, 0) is 91.1 Å². The van der Waals surface area contributed by atoms with E-state index < -0.39 is 89.4 Å². The van der Waals surface area contributed by atoms with Crippen molar-refractivity contribution in [3.8, 4) is 11.1 Å². The molecule has 8 atom stereocenters. The molecule has 4 aliphatic rings. The van der Waals surface area contributed by atoms with E-state index in [0.717, 1.165) is 60.5 Å². The first-order valence-corrected chi connectivity index (χ1v) is 31.1. The van der Waals surface area contributed by atoms with Gasteiger partial charge in [0.2, 0.25) is 17.7 Å². The van der Waals surface area contributed by atoms with Crippen LogP contribution in [0.15, 0.2) is 115 Å². The highest BCUT2D eigenvalue weighted by Crippen LogP contribution is 2.50. The highest BCUT2D eigenvalue weighted by molar-refractivity contribution is 6.34. The third-order valence-electron chi connectivity index (χ3n) is 18.3. The van der Waals surface area contributed by atoms with E-state index in [-0.39, 0.29) is 69.8 Å². The highest BCUT2D eigenvalue weighted by atomic mass is 35.5. The van der Waals surface area contributed by atoms with E-state index in [1.807, 2.05) is 91.2 Å². The molecule has 2 fully saturated rings. The summed E-state index contributed by atoms with van der Waals surface area (Å²) in [4.78, 5) is 111. The Bertz CT molecular complexity index is 3630. The first kappa shape index (κ1) is 67.2. The summed E-state index contributed by atoms with van der Waals surface area (Å²) in [6.45, 7) is 9.08. The molecule has 0 saturated carbocycles. The zero-order valence-electron chi connectivity index (χ0n) is 53.3. The number of halogens is 1. The van der Waals surface area contributed by atoms with E-state index in [9.17, 15) is 43.5 Å². The fourth-order valence-corrected chi connectivity index (χ4v) is 12.7. The van der Waals surface area contributed by atoms with Crippen molar-refractivity contribution in [1.29, 1.82) is 0 Å². The largest absolute Gasteiger partial charge is 0.457 e. The van der Waals surface area contributed by atoms with Gasteiger partial charge in [-0.2, -0.15) is 0 Å². The Balaban J connectivity index is 0.753. The number of ether oxygens (including phenoxy) is 5. The summed E-state index contributed by atoms with van der Waals surface area (Å²) in [6.07, 6.45) is -0.747. The predicted molar refractivity (Wildman–Crippen MR) is 341 cm³/mol. The zero-order chi connectivity index (χ0) is 65.6. The normalized spacial score (nSPS) is 23.5. The Kier molecular flexibility index (Phi) is 21.1. The Morgan fingerprint density at radius 1 is 0.890 bits per heavy atom.